The number of aliphatic hydroxyl groups excluding tert-OH is 1. The van der Waals surface area contributed by atoms with Gasteiger partial charge >= 0.3 is 12.1 Å². The van der Waals surface area contributed by atoms with Gasteiger partial charge in [0.2, 0.25) is 11.8 Å². The average molecular weight is 1150 g/mol. The van der Waals surface area contributed by atoms with Gasteiger partial charge in [-0.2, -0.15) is 9.97 Å². The molecule has 11 rings (SSSR count). The van der Waals surface area contributed by atoms with E-state index in [1.807, 2.05) is 94.5 Å². The largest absolute Gasteiger partial charge is 0.508 e. The van der Waals surface area contributed by atoms with Crippen LogP contribution in [-0.2, 0) is 20.7 Å². The maximum Gasteiger partial charge on any atom is 0.409 e. The lowest BCUT2D eigenvalue weighted by Gasteiger charge is -2.34. The third-order valence-electron chi connectivity index (χ3n) is 17.3. The number of piperazine rings is 1. The van der Waals surface area contributed by atoms with Gasteiger partial charge in [0.25, 0.3) is 0 Å². The van der Waals surface area contributed by atoms with E-state index >= 15 is 4.39 Å². The number of β-amino-alcohol motifs (C(OH)–C–C–N with tert-alkyl or cyclic N) is 1. The molecule has 7 aromatic rings. The summed E-state index contributed by atoms with van der Waals surface area (Å²) in [5.41, 5.74) is 6.47. The molecule has 3 aromatic carbocycles. The number of amides is 3. The molecule has 8 heterocycles. The van der Waals surface area contributed by atoms with Gasteiger partial charge in [0.05, 0.1) is 33.6 Å². The number of nitrogens with one attached hydrogen (secondary N) is 1. The molecule has 0 bridgehead atoms. The van der Waals surface area contributed by atoms with Gasteiger partial charge in [-0.3, -0.25) is 19.5 Å². The number of aliphatic hydroxyl groups is 1. The van der Waals surface area contributed by atoms with Crippen molar-refractivity contribution in [2.45, 2.75) is 122 Å². The second-order valence-electron chi connectivity index (χ2n) is 23.0. The van der Waals surface area contributed by atoms with Crippen LogP contribution in [0.3, 0.4) is 0 Å². The summed E-state index contributed by atoms with van der Waals surface area (Å²) in [7, 11) is 1.99. The number of fused-ring (bicyclic) bond motifs is 2. The van der Waals surface area contributed by atoms with Crippen molar-refractivity contribution in [3.63, 3.8) is 0 Å². The van der Waals surface area contributed by atoms with Crippen molar-refractivity contribution in [1.82, 2.24) is 45.1 Å². The Bertz CT molecular complexity index is 3470. The van der Waals surface area contributed by atoms with Gasteiger partial charge in [-0.25, -0.2) is 14.2 Å². The first-order valence-corrected chi connectivity index (χ1v) is 30.1. The fourth-order valence-electron chi connectivity index (χ4n) is 12.5. The molecule has 19 nitrogen and oxygen atoms in total. The third kappa shape index (κ3) is 12.0. The summed E-state index contributed by atoms with van der Waals surface area (Å²) < 4.78 is 35.4. The second-order valence-corrected chi connectivity index (χ2v) is 23.9. The minimum Gasteiger partial charge on any atom is -0.508 e. The lowest BCUT2D eigenvalue weighted by molar-refractivity contribution is -0.141. The lowest BCUT2D eigenvalue weighted by Crippen LogP contribution is -2.49. The molecule has 6 atom stereocenters. The smallest absolute Gasteiger partial charge is 0.409 e. The number of rotatable bonds is 16. The van der Waals surface area contributed by atoms with Gasteiger partial charge in [0.1, 0.15) is 48.0 Å². The van der Waals surface area contributed by atoms with Crippen LogP contribution >= 0.6 is 11.3 Å². The zero-order chi connectivity index (χ0) is 58.1. The minimum absolute atomic E-state index is 0.0198. The molecule has 0 radical (unpaired) electrons. The van der Waals surface area contributed by atoms with Crippen LogP contribution in [0.4, 0.5) is 20.8 Å². The van der Waals surface area contributed by atoms with Crippen LogP contribution in [0.5, 0.6) is 11.8 Å². The summed E-state index contributed by atoms with van der Waals surface area (Å²) in [5.74, 6) is -0.716. The van der Waals surface area contributed by atoms with E-state index in [9.17, 15) is 24.6 Å². The van der Waals surface area contributed by atoms with Crippen molar-refractivity contribution in [2.75, 3.05) is 75.9 Å². The van der Waals surface area contributed by atoms with E-state index in [4.69, 9.17) is 28.9 Å². The SMILES string of the molecule is CCc1cccc2cc(O)cc(-c3ncc4c(N5CCCCCC5)nc(OC[C@@H]5CC[C@@H](COC(=O)N6CCN(c7cc([C@H](C(=O)N8C[C@H](O)C[C@H]8C(=O)N[C@@H](C)c8ccc(-c9scnc9C)cc8)C(C)C)on7)CC6)N5C)nc4c3F)c12. The Morgan fingerprint density at radius 3 is 2.36 bits per heavy atom. The molecule has 0 saturated carbocycles. The number of hydrogen-bond acceptors (Lipinski definition) is 17. The van der Waals surface area contributed by atoms with Crippen LogP contribution in [0.25, 0.3) is 43.4 Å². The van der Waals surface area contributed by atoms with Crippen molar-refractivity contribution in [1.29, 1.82) is 0 Å². The zero-order valence-electron chi connectivity index (χ0n) is 48.1. The van der Waals surface area contributed by atoms with Gasteiger partial charge < -0.3 is 49.1 Å². The highest BCUT2D eigenvalue weighted by Gasteiger charge is 2.44. The summed E-state index contributed by atoms with van der Waals surface area (Å²) in [6.07, 6.45) is 6.95. The number of likely N-dealkylation sites (N-methyl/N-ethyl adjacent to an activating group) is 1. The van der Waals surface area contributed by atoms with Crippen LogP contribution in [-0.4, -0.2) is 158 Å². The van der Waals surface area contributed by atoms with E-state index in [0.717, 1.165) is 89.6 Å². The molecule has 0 aliphatic carbocycles. The number of carbonyl (C=O) groups excluding carboxylic acids is 3. The number of aryl methyl sites for hydroxylation is 2. The molecule has 3 amide bonds. The number of ether oxygens (including phenoxy) is 2. The Morgan fingerprint density at radius 1 is 0.904 bits per heavy atom. The maximum absolute atomic E-state index is 17.1. The van der Waals surface area contributed by atoms with Crippen molar-refractivity contribution >= 4 is 62.6 Å². The van der Waals surface area contributed by atoms with Crippen molar-refractivity contribution in [3.8, 4) is 33.5 Å². The van der Waals surface area contributed by atoms with Gasteiger partial charge in [-0.15, -0.1) is 11.3 Å². The third-order valence-corrected chi connectivity index (χ3v) is 18.3. The number of hydrogen-bond donors (Lipinski definition) is 3. The van der Waals surface area contributed by atoms with E-state index in [-0.39, 0.29) is 85.0 Å². The molecule has 3 N–H and O–H groups in total. The van der Waals surface area contributed by atoms with Crippen LogP contribution in [0.15, 0.2) is 76.9 Å². The normalized spacial score (nSPS) is 20.5. The van der Waals surface area contributed by atoms with E-state index in [1.54, 1.807) is 40.6 Å². The summed E-state index contributed by atoms with van der Waals surface area (Å²) in [6, 6.07) is 17.6. The number of aromatic nitrogens is 5. The highest BCUT2D eigenvalue weighted by atomic mass is 32.1. The average Bonchev–Trinajstić information content (AvgIpc) is 4.14. The molecule has 83 heavy (non-hydrogen) atoms. The molecule has 4 saturated heterocycles. The molecular formula is C62H74FN11O8S. The first kappa shape index (κ1) is 57.3. The van der Waals surface area contributed by atoms with Crippen LogP contribution in [0, 0.1) is 18.7 Å². The topological polar surface area (TPSA) is 216 Å². The molecule has 0 spiro atoms. The van der Waals surface area contributed by atoms with Gasteiger partial charge in [-0.05, 0) is 98.5 Å². The Kier molecular flexibility index (Phi) is 17.1. The molecule has 4 aliphatic heterocycles. The highest BCUT2D eigenvalue weighted by Crippen LogP contribution is 2.40. The molecule has 438 valence electrons. The molecule has 0 unspecified atom stereocenters. The Labute approximate surface area is 486 Å². The zero-order valence-corrected chi connectivity index (χ0v) is 48.9. The Hall–Kier alpha value is -7.49. The second kappa shape index (κ2) is 24.8. The van der Waals surface area contributed by atoms with E-state index in [2.05, 4.69) is 25.3 Å². The molecular weight excluding hydrogens is 1080 g/mol. The fraction of sp³-hybridized carbons (Fsp3) is 0.484. The van der Waals surface area contributed by atoms with Crippen molar-refractivity contribution in [3.05, 3.63) is 101 Å². The van der Waals surface area contributed by atoms with Crippen LogP contribution < -0.4 is 19.9 Å². The minimum atomic E-state index is -0.865. The van der Waals surface area contributed by atoms with Crippen LogP contribution in [0.2, 0.25) is 0 Å². The number of thiazole rings is 1. The molecule has 4 aromatic heterocycles. The molecule has 4 fully saturated rings. The fourth-order valence-corrected chi connectivity index (χ4v) is 13.3. The standard InChI is InChI=1S/C62H74FN11O8S/c1-7-39-13-12-14-42-27-45(75)28-47(53(39)42)55-54(63)56-48(31-64-55)58(72-21-10-8-9-11-22-72)68-61(67-56)80-33-43-19-20-44(70(43)6)34-81-62(79)73-25-23-71(24-26-73)51-30-50(82-69-51)52(36(2)3)60(78)74-32-46(76)29-49(74)59(77)66-37(4)40-15-17-41(18-16-40)57-38(5)65-35-83-57/h12-18,27-28,30-31,35-37,43-44,46,49,52,75-76H,7-11,19-26,29,32-34H2,1-6H3,(H,66,77)/t37-,43-,44-,46+,49-,52+/m0/s1. The first-order chi connectivity index (χ1) is 40.1. The van der Waals surface area contributed by atoms with Gasteiger partial charge in [-0.1, -0.05) is 81.2 Å². The van der Waals surface area contributed by atoms with Gasteiger partial charge in [0.15, 0.2) is 17.4 Å². The molecule has 21 heteroatoms. The maximum atomic E-state index is 17.1. The number of carbonyl (C=O) groups is 3. The summed E-state index contributed by atoms with van der Waals surface area (Å²) in [6.45, 7) is 13.4. The van der Waals surface area contributed by atoms with Crippen molar-refractivity contribution < 1.29 is 43.0 Å². The number of phenolic OH excluding ortho intramolecular Hbond substituents is 1. The predicted octanol–water partition coefficient (Wildman–Crippen LogP) is 9.43. The summed E-state index contributed by atoms with van der Waals surface area (Å²) in [5, 5.41) is 31.2. The summed E-state index contributed by atoms with van der Waals surface area (Å²) in [4.78, 5) is 71.1. The predicted molar refractivity (Wildman–Crippen MR) is 316 cm³/mol. The van der Waals surface area contributed by atoms with Crippen LogP contribution in [0.1, 0.15) is 107 Å². The van der Waals surface area contributed by atoms with Gasteiger partial charge in [0, 0.05) is 82.1 Å². The van der Waals surface area contributed by atoms with Crippen molar-refractivity contribution in [2.24, 2.45) is 5.92 Å². The molecule has 4 aliphatic rings. The monoisotopic (exact) mass is 1150 g/mol. The number of anilines is 2. The van der Waals surface area contributed by atoms with E-state index in [1.165, 1.54) is 4.90 Å². The van der Waals surface area contributed by atoms with E-state index in [0.29, 0.717) is 60.9 Å². The quantitative estimate of drug-likeness (QED) is 0.0821. The number of likely N-dealkylation sites (tertiary alicyclic amines) is 2. The number of pyridine rings is 1. The number of nitrogens with zero attached hydrogens (tertiary/aromatic N) is 10. The Morgan fingerprint density at radius 2 is 1.65 bits per heavy atom. The first-order valence-electron chi connectivity index (χ1n) is 29.3. The van der Waals surface area contributed by atoms with E-state index < -0.39 is 30.0 Å². The Balaban J connectivity index is 0.687. The number of phenols is 1. The number of benzene rings is 3. The summed E-state index contributed by atoms with van der Waals surface area (Å²) >= 11 is 1.58. The number of aromatic hydroxyl groups is 1. The lowest BCUT2D eigenvalue weighted by atomic mass is 9.91. The highest BCUT2D eigenvalue weighted by molar-refractivity contribution is 7.13. The number of halogens is 1.